The van der Waals surface area contributed by atoms with Crippen molar-refractivity contribution in [2.75, 3.05) is 13.1 Å². The normalized spacial score (nSPS) is 17.4. The number of nitrogens with two attached hydrogens (primary N) is 1. The molecule has 2 heterocycles. The molecule has 1 aromatic heterocycles. The monoisotopic (exact) mass is 312 g/mol. The summed E-state index contributed by atoms with van der Waals surface area (Å²) in [5.41, 5.74) is 7.43. The maximum absolute atomic E-state index is 12.5. The van der Waals surface area contributed by atoms with Crippen molar-refractivity contribution in [3.8, 4) is 0 Å². The molecule has 0 saturated carbocycles. The maximum Gasteiger partial charge on any atom is 0.253 e. The summed E-state index contributed by atoms with van der Waals surface area (Å²) in [4.78, 5) is 25.5. The highest BCUT2D eigenvalue weighted by Gasteiger charge is 2.27. The van der Waals surface area contributed by atoms with E-state index in [2.05, 4.69) is 5.10 Å². The predicted octanol–water partition coefficient (Wildman–Crippen LogP) is 1.22. The Hall–Kier alpha value is -2.63. The first-order chi connectivity index (χ1) is 11.0. The van der Waals surface area contributed by atoms with E-state index in [0.29, 0.717) is 17.0 Å². The van der Waals surface area contributed by atoms with Crippen LogP contribution in [0.15, 0.2) is 36.7 Å². The summed E-state index contributed by atoms with van der Waals surface area (Å²) >= 11 is 0. The molecular formula is C17H20N4O2. The summed E-state index contributed by atoms with van der Waals surface area (Å²) in [5, 5.41) is 4.18. The van der Waals surface area contributed by atoms with Crippen LogP contribution in [-0.2, 0) is 13.5 Å². The number of aryl methyl sites for hydroxylation is 1. The van der Waals surface area contributed by atoms with E-state index in [9.17, 15) is 9.59 Å². The zero-order valence-corrected chi connectivity index (χ0v) is 13.1. The number of carbonyl (C=O) groups is 2. The van der Waals surface area contributed by atoms with Gasteiger partial charge in [0.25, 0.3) is 5.91 Å². The minimum absolute atomic E-state index is 0.00899. The SMILES string of the molecule is Cn1cc(CC2CCN(C(=O)c3ccc(C(N)=O)cc3)C2)cn1. The molecule has 6 heteroatoms. The first-order valence-electron chi connectivity index (χ1n) is 7.69. The van der Waals surface area contributed by atoms with E-state index < -0.39 is 5.91 Å². The van der Waals surface area contributed by atoms with E-state index in [1.807, 2.05) is 24.3 Å². The van der Waals surface area contributed by atoms with Gasteiger partial charge in [0, 0.05) is 37.5 Å². The minimum Gasteiger partial charge on any atom is -0.366 e. The average Bonchev–Trinajstić information content (AvgIpc) is 3.16. The molecular weight excluding hydrogens is 292 g/mol. The Morgan fingerprint density at radius 1 is 1.26 bits per heavy atom. The Labute approximate surface area is 134 Å². The van der Waals surface area contributed by atoms with Crippen molar-refractivity contribution in [2.45, 2.75) is 12.8 Å². The number of rotatable bonds is 4. The topological polar surface area (TPSA) is 81.2 Å². The second kappa shape index (κ2) is 6.24. The van der Waals surface area contributed by atoms with Gasteiger partial charge < -0.3 is 10.6 Å². The molecule has 1 aliphatic heterocycles. The van der Waals surface area contributed by atoms with Gasteiger partial charge in [0.1, 0.15) is 0 Å². The number of benzene rings is 1. The molecule has 0 radical (unpaired) electrons. The molecule has 1 fully saturated rings. The molecule has 2 amide bonds. The number of hydrogen-bond donors (Lipinski definition) is 1. The lowest BCUT2D eigenvalue weighted by Crippen LogP contribution is -2.29. The van der Waals surface area contributed by atoms with Gasteiger partial charge in [-0.05, 0) is 48.6 Å². The molecule has 23 heavy (non-hydrogen) atoms. The van der Waals surface area contributed by atoms with Crippen molar-refractivity contribution < 1.29 is 9.59 Å². The van der Waals surface area contributed by atoms with Crippen LogP contribution in [0, 0.1) is 5.92 Å². The van der Waals surface area contributed by atoms with Crippen LogP contribution in [0.2, 0.25) is 0 Å². The van der Waals surface area contributed by atoms with Crippen molar-refractivity contribution in [1.82, 2.24) is 14.7 Å². The van der Waals surface area contributed by atoms with Crippen LogP contribution in [0.25, 0.3) is 0 Å². The Bertz CT molecular complexity index is 720. The van der Waals surface area contributed by atoms with Gasteiger partial charge in [0.05, 0.1) is 6.20 Å². The maximum atomic E-state index is 12.5. The average molecular weight is 312 g/mol. The number of carbonyl (C=O) groups excluding carboxylic acids is 2. The standard InChI is InChI=1S/C17H20N4O2/c1-20-10-13(9-19-20)8-12-6-7-21(11-12)17(23)15-4-2-14(3-5-15)16(18)22/h2-5,9-10,12H,6-8,11H2,1H3,(H2,18,22). The van der Waals surface area contributed by atoms with Gasteiger partial charge in [-0.1, -0.05) is 0 Å². The summed E-state index contributed by atoms with van der Waals surface area (Å²) in [6.07, 6.45) is 5.85. The predicted molar refractivity (Wildman–Crippen MR) is 85.9 cm³/mol. The number of aromatic nitrogens is 2. The van der Waals surface area contributed by atoms with Crippen LogP contribution in [0.1, 0.15) is 32.7 Å². The zero-order chi connectivity index (χ0) is 16.4. The van der Waals surface area contributed by atoms with Gasteiger partial charge in [-0.25, -0.2) is 0 Å². The summed E-state index contributed by atoms with van der Waals surface area (Å²) < 4.78 is 1.80. The Morgan fingerprint density at radius 3 is 2.57 bits per heavy atom. The van der Waals surface area contributed by atoms with E-state index in [4.69, 9.17) is 5.73 Å². The molecule has 0 spiro atoms. The fourth-order valence-electron chi connectivity index (χ4n) is 3.05. The Balaban J connectivity index is 1.61. The fraction of sp³-hybridized carbons (Fsp3) is 0.353. The third kappa shape index (κ3) is 3.41. The van der Waals surface area contributed by atoms with Crippen LogP contribution in [-0.4, -0.2) is 39.6 Å². The lowest BCUT2D eigenvalue weighted by molar-refractivity contribution is 0.0786. The van der Waals surface area contributed by atoms with Gasteiger partial charge in [-0.3, -0.25) is 14.3 Å². The molecule has 1 aliphatic rings. The van der Waals surface area contributed by atoms with Gasteiger partial charge in [0.15, 0.2) is 0 Å². The largest absolute Gasteiger partial charge is 0.366 e. The summed E-state index contributed by atoms with van der Waals surface area (Å²) in [6, 6.07) is 6.52. The van der Waals surface area contributed by atoms with Crippen molar-refractivity contribution in [1.29, 1.82) is 0 Å². The number of likely N-dealkylation sites (tertiary alicyclic amines) is 1. The van der Waals surface area contributed by atoms with Gasteiger partial charge in [0.2, 0.25) is 5.91 Å². The van der Waals surface area contributed by atoms with E-state index in [0.717, 1.165) is 25.9 Å². The third-order valence-electron chi connectivity index (χ3n) is 4.27. The molecule has 2 N–H and O–H groups in total. The highest BCUT2D eigenvalue weighted by atomic mass is 16.2. The lowest BCUT2D eigenvalue weighted by atomic mass is 10.0. The van der Waals surface area contributed by atoms with Crippen LogP contribution in [0.4, 0.5) is 0 Å². The van der Waals surface area contributed by atoms with E-state index in [-0.39, 0.29) is 5.91 Å². The van der Waals surface area contributed by atoms with E-state index in [1.165, 1.54) is 5.56 Å². The van der Waals surface area contributed by atoms with Crippen LogP contribution in [0.3, 0.4) is 0 Å². The van der Waals surface area contributed by atoms with Crippen molar-refractivity contribution in [2.24, 2.45) is 18.7 Å². The first kappa shape index (κ1) is 15.3. The number of hydrogen-bond acceptors (Lipinski definition) is 3. The minimum atomic E-state index is -0.485. The van der Waals surface area contributed by atoms with Crippen molar-refractivity contribution >= 4 is 11.8 Å². The zero-order valence-electron chi connectivity index (χ0n) is 13.1. The molecule has 2 aromatic rings. The molecule has 1 unspecified atom stereocenters. The molecule has 120 valence electrons. The molecule has 0 aliphatic carbocycles. The Kier molecular flexibility index (Phi) is 4.14. The van der Waals surface area contributed by atoms with Crippen LogP contribution < -0.4 is 5.73 Å². The summed E-state index contributed by atoms with van der Waals surface area (Å²) in [7, 11) is 1.91. The Morgan fingerprint density at radius 2 is 1.96 bits per heavy atom. The first-order valence-corrected chi connectivity index (χ1v) is 7.69. The van der Waals surface area contributed by atoms with Crippen LogP contribution >= 0.6 is 0 Å². The second-order valence-electron chi connectivity index (χ2n) is 6.07. The third-order valence-corrected chi connectivity index (χ3v) is 4.27. The highest BCUT2D eigenvalue weighted by Crippen LogP contribution is 2.22. The quantitative estimate of drug-likeness (QED) is 0.921. The molecule has 0 bridgehead atoms. The molecule has 1 aromatic carbocycles. The molecule has 6 nitrogen and oxygen atoms in total. The smallest absolute Gasteiger partial charge is 0.253 e. The van der Waals surface area contributed by atoms with Gasteiger partial charge >= 0.3 is 0 Å². The highest BCUT2D eigenvalue weighted by molar-refractivity contribution is 5.97. The molecule has 3 rings (SSSR count). The van der Waals surface area contributed by atoms with Gasteiger partial charge in [-0.2, -0.15) is 5.10 Å². The van der Waals surface area contributed by atoms with Crippen LogP contribution in [0.5, 0.6) is 0 Å². The molecule has 1 saturated heterocycles. The fourth-order valence-corrected chi connectivity index (χ4v) is 3.05. The number of nitrogens with zero attached hydrogens (tertiary/aromatic N) is 3. The van der Waals surface area contributed by atoms with Crippen molar-refractivity contribution in [3.05, 3.63) is 53.3 Å². The van der Waals surface area contributed by atoms with E-state index >= 15 is 0 Å². The van der Waals surface area contributed by atoms with E-state index in [1.54, 1.807) is 28.9 Å². The number of primary amides is 1. The molecule has 1 atom stereocenters. The number of amides is 2. The second-order valence-corrected chi connectivity index (χ2v) is 6.07. The summed E-state index contributed by atoms with van der Waals surface area (Å²) in [6.45, 7) is 1.52. The summed E-state index contributed by atoms with van der Waals surface area (Å²) in [5.74, 6) is -0.00976. The van der Waals surface area contributed by atoms with Gasteiger partial charge in [-0.15, -0.1) is 0 Å². The lowest BCUT2D eigenvalue weighted by Gasteiger charge is -2.16. The van der Waals surface area contributed by atoms with Crippen molar-refractivity contribution in [3.63, 3.8) is 0 Å².